The number of hydrogen-bond donors (Lipinski definition) is 1. The number of benzene rings is 1. The molecule has 0 amide bonds. The van der Waals surface area contributed by atoms with Gasteiger partial charge in [0.15, 0.2) is 0 Å². The Morgan fingerprint density at radius 3 is 2.47 bits per heavy atom. The zero-order valence-electron chi connectivity index (χ0n) is 10.3. The van der Waals surface area contributed by atoms with Crippen LogP contribution in [-0.2, 0) is 14.8 Å². The van der Waals surface area contributed by atoms with Crippen molar-refractivity contribution in [1.82, 2.24) is 4.31 Å². The summed E-state index contributed by atoms with van der Waals surface area (Å²) in [6.07, 6.45) is 0. The van der Waals surface area contributed by atoms with Crippen molar-refractivity contribution in [3.63, 3.8) is 0 Å². The summed E-state index contributed by atoms with van der Waals surface area (Å²) in [7, 11) is -4.19. The molecule has 0 unspecified atom stereocenters. The van der Waals surface area contributed by atoms with E-state index in [9.17, 15) is 17.6 Å². The Hall–Kier alpha value is -0.990. The summed E-state index contributed by atoms with van der Waals surface area (Å²) >= 11 is 3.03. The molecule has 106 valence electrons. The van der Waals surface area contributed by atoms with Gasteiger partial charge in [-0.15, -0.1) is 0 Å². The maximum Gasteiger partial charge on any atom is 0.318 e. The van der Waals surface area contributed by atoms with E-state index < -0.39 is 39.3 Å². The van der Waals surface area contributed by atoms with Crippen molar-refractivity contribution in [3.8, 4) is 0 Å². The number of halogens is 2. The van der Waals surface area contributed by atoms with Crippen LogP contribution < -0.4 is 0 Å². The molecule has 0 saturated heterocycles. The summed E-state index contributed by atoms with van der Waals surface area (Å²) in [6.45, 7) is 2.34. The van der Waals surface area contributed by atoms with Crippen molar-refractivity contribution >= 4 is 31.9 Å². The highest BCUT2D eigenvalue weighted by Crippen LogP contribution is 2.23. The fourth-order valence-electron chi connectivity index (χ4n) is 1.49. The molecule has 1 aromatic carbocycles. The molecule has 19 heavy (non-hydrogen) atoms. The van der Waals surface area contributed by atoms with Gasteiger partial charge in [0.1, 0.15) is 17.3 Å². The first-order chi connectivity index (χ1) is 8.66. The van der Waals surface area contributed by atoms with E-state index in [2.05, 4.69) is 15.9 Å². The molecule has 0 fully saturated rings. The van der Waals surface area contributed by atoms with Crippen molar-refractivity contribution in [2.24, 2.45) is 0 Å². The van der Waals surface area contributed by atoms with Gasteiger partial charge >= 0.3 is 5.97 Å². The van der Waals surface area contributed by atoms with Gasteiger partial charge in [0.05, 0.1) is 0 Å². The average Bonchev–Trinajstić information content (AvgIpc) is 2.24. The molecule has 5 nitrogen and oxygen atoms in total. The van der Waals surface area contributed by atoms with Gasteiger partial charge in [0.25, 0.3) is 0 Å². The van der Waals surface area contributed by atoms with Crippen molar-refractivity contribution in [2.45, 2.75) is 24.8 Å². The fourth-order valence-corrected chi connectivity index (χ4v) is 3.46. The van der Waals surface area contributed by atoms with Crippen LogP contribution >= 0.6 is 15.9 Å². The first-order valence-electron chi connectivity index (χ1n) is 5.35. The number of sulfonamides is 1. The van der Waals surface area contributed by atoms with Gasteiger partial charge in [-0.05, 0) is 32.0 Å². The predicted molar refractivity (Wildman–Crippen MR) is 70.8 cm³/mol. The van der Waals surface area contributed by atoms with E-state index in [0.717, 1.165) is 16.4 Å². The third-order valence-corrected chi connectivity index (χ3v) is 4.90. The monoisotopic (exact) mass is 353 g/mol. The molecule has 0 aliphatic heterocycles. The largest absolute Gasteiger partial charge is 0.480 e. The third-order valence-electron chi connectivity index (χ3n) is 2.35. The molecular weight excluding hydrogens is 341 g/mol. The second kappa shape index (κ2) is 5.98. The first kappa shape index (κ1) is 16.1. The molecule has 1 aromatic rings. The minimum absolute atomic E-state index is 0.401. The van der Waals surface area contributed by atoms with Crippen molar-refractivity contribution in [2.75, 3.05) is 6.54 Å². The van der Waals surface area contributed by atoms with Crippen molar-refractivity contribution in [3.05, 3.63) is 28.5 Å². The molecule has 0 heterocycles. The lowest BCUT2D eigenvalue weighted by atomic mass is 10.3. The first-order valence-corrected chi connectivity index (χ1v) is 7.58. The van der Waals surface area contributed by atoms with Gasteiger partial charge in [0.2, 0.25) is 10.0 Å². The highest BCUT2D eigenvalue weighted by molar-refractivity contribution is 9.10. The molecule has 0 aliphatic rings. The van der Waals surface area contributed by atoms with Gasteiger partial charge in [-0.3, -0.25) is 4.79 Å². The Morgan fingerprint density at radius 1 is 1.47 bits per heavy atom. The maximum absolute atomic E-state index is 13.7. The zero-order chi connectivity index (χ0) is 14.8. The molecule has 1 N–H and O–H groups in total. The fraction of sp³-hybridized carbons (Fsp3) is 0.364. The normalized spacial score (nSPS) is 12.1. The number of aliphatic carboxylic acids is 1. The van der Waals surface area contributed by atoms with Crippen LogP contribution in [-0.4, -0.2) is 36.4 Å². The van der Waals surface area contributed by atoms with E-state index in [1.54, 1.807) is 0 Å². The van der Waals surface area contributed by atoms with Crippen LogP contribution in [0.5, 0.6) is 0 Å². The van der Waals surface area contributed by atoms with Gasteiger partial charge in [-0.25, -0.2) is 12.8 Å². The molecule has 0 saturated carbocycles. The van der Waals surface area contributed by atoms with Crippen LogP contribution in [0, 0.1) is 5.82 Å². The second-order valence-corrected chi connectivity index (χ2v) is 6.89. The molecule has 0 aliphatic carbocycles. The second-order valence-electron chi connectivity index (χ2n) is 4.11. The Labute approximate surface area is 119 Å². The summed E-state index contributed by atoms with van der Waals surface area (Å²) in [5.41, 5.74) is 0. The molecule has 0 aromatic heterocycles. The molecule has 0 spiro atoms. The lowest BCUT2D eigenvalue weighted by Gasteiger charge is -2.24. The minimum Gasteiger partial charge on any atom is -0.480 e. The Morgan fingerprint density at radius 2 is 2.05 bits per heavy atom. The Bertz CT molecular complexity index is 588. The van der Waals surface area contributed by atoms with E-state index in [1.165, 1.54) is 19.9 Å². The van der Waals surface area contributed by atoms with Gasteiger partial charge in [-0.2, -0.15) is 4.31 Å². The summed E-state index contributed by atoms with van der Waals surface area (Å²) in [5, 5.41) is 8.75. The molecule has 0 radical (unpaired) electrons. The molecule has 1 rings (SSSR count). The van der Waals surface area contributed by atoms with Crippen LogP contribution in [0.1, 0.15) is 13.8 Å². The van der Waals surface area contributed by atoms with Crippen molar-refractivity contribution in [1.29, 1.82) is 0 Å². The summed E-state index contributed by atoms with van der Waals surface area (Å²) < 4.78 is 39.4. The number of nitrogens with zero attached hydrogens (tertiary/aromatic N) is 1. The Balaban J connectivity index is 3.30. The van der Waals surface area contributed by atoms with Crippen molar-refractivity contribution < 1.29 is 22.7 Å². The predicted octanol–water partition coefficient (Wildman–Crippen LogP) is 2.07. The van der Waals surface area contributed by atoms with Crippen LogP contribution in [0.15, 0.2) is 27.6 Å². The zero-order valence-corrected chi connectivity index (χ0v) is 12.7. The third kappa shape index (κ3) is 3.74. The molecular formula is C11H13BrFNO4S. The summed E-state index contributed by atoms with van der Waals surface area (Å²) in [5.74, 6) is -2.22. The van der Waals surface area contributed by atoms with E-state index in [4.69, 9.17) is 5.11 Å². The lowest BCUT2D eigenvalue weighted by molar-refractivity contribution is -0.137. The molecule has 8 heteroatoms. The van der Waals surface area contributed by atoms with Crippen LogP contribution in [0.25, 0.3) is 0 Å². The van der Waals surface area contributed by atoms with E-state index in [1.807, 2.05) is 0 Å². The lowest BCUT2D eigenvalue weighted by Crippen LogP contribution is -2.40. The summed E-state index contributed by atoms with van der Waals surface area (Å²) in [6, 6.07) is 2.91. The smallest absolute Gasteiger partial charge is 0.318 e. The molecule has 0 bridgehead atoms. The number of carbonyl (C=O) groups is 1. The highest BCUT2D eigenvalue weighted by Gasteiger charge is 2.31. The highest BCUT2D eigenvalue weighted by atomic mass is 79.9. The number of hydrogen-bond acceptors (Lipinski definition) is 3. The number of carboxylic acid groups (broad SMARTS) is 1. The quantitative estimate of drug-likeness (QED) is 0.879. The van der Waals surface area contributed by atoms with E-state index >= 15 is 0 Å². The van der Waals surface area contributed by atoms with Crippen LogP contribution in [0.2, 0.25) is 0 Å². The van der Waals surface area contributed by atoms with E-state index in [0.29, 0.717) is 4.47 Å². The van der Waals surface area contributed by atoms with Gasteiger partial charge in [0, 0.05) is 10.5 Å². The Kier molecular flexibility index (Phi) is 5.05. The maximum atomic E-state index is 13.7. The average molecular weight is 354 g/mol. The standard InChI is InChI=1S/C11H13BrFNO4S/c1-7(2)14(6-11(15)16)19(17,18)10-4-3-8(12)5-9(10)13/h3-5,7H,6H2,1-2H3,(H,15,16). The van der Waals surface area contributed by atoms with Gasteiger partial charge in [-0.1, -0.05) is 15.9 Å². The SMILES string of the molecule is CC(C)N(CC(=O)O)S(=O)(=O)c1ccc(Br)cc1F. The number of carboxylic acids is 1. The number of rotatable bonds is 5. The topological polar surface area (TPSA) is 74.7 Å². The minimum atomic E-state index is -4.19. The van der Waals surface area contributed by atoms with Crippen LogP contribution in [0.3, 0.4) is 0 Å². The van der Waals surface area contributed by atoms with Gasteiger partial charge < -0.3 is 5.11 Å². The summed E-state index contributed by atoms with van der Waals surface area (Å²) in [4.78, 5) is 10.2. The van der Waals surface area contributed by atoms with E-state index in [-0.39, 0.29) is 0 Å². The molecule has 0 atom stereocenters. The van der Waals surface area contributed by atoms with Crippen LogP contribution in [0.4, 0.5) is 4.39 Å².